The molecule has 1 aromatic rings. The average molecular weight is 308 g/mol. The summed E-state index contributed by atoms with van der Waals surface area (Å²) in [7, 11) is 2.95. The lowest BCUT2D eigenvalue weighted by atomic mass is 9.87. The Hall–Kier alpha value is -1.53. The molecular formula is C15H16O5S. The van der Waals surface area contributed by atoms with Crippen LogP contribution in [-0.4, -0.2) is 42.6 Å². The molecule has 112 valence electrons. The lowest BCUT2D eigenvalue weighted by Crippen LogP contribution is -2.35. The lowest BCUT2D eigenvalue weighted by Gasteiger charge is -2.21. The highest BCUT2D eigenvalue weighted by atomic mass is 32.2. The molecule has 0 radical (unpaired) electrons. The quantitative estimate of drug-likeness (QED) is 0.778. The van der Waals surface area contributed by atoms with Crippen LogP contribution < -0.4 is 9.47 Å². The number of ketones is 2. The Balaban J connectivity index is 2.14. The Labute approximate surface area is 126 Å². The average Bonchev–Trinajstić information content (AvgIpc) is 3.25. The molecule has 1 aliphatic heterocycles. The number of rotatable bonds is 5. The summed E-state index contributed by atoms with van der Waals surface area (Å²) in [5, 5.41) is 0. The molecule has 2 atom stereocenters. The minimum atomic E-state index is -1.06. The van der Waals surface area contributed by atoms with Gasteiger partial charge >= 0.3 is 0 Å². The fourth-order valence-corrected chi connectivity index (χ4v) is 3.81. The van der Waals surface area contributed by atoms with E-state index in [0.29, 0.717) is 11.5 Å². The summed E-state index contributed by atoms with van der Waals surface area (Å²) in [6, 6.07) is 3.28. The second-order valence-corrected chi connectivity index (χ2v) is 6.23. The first-order valence-electron chi connectivity index (χ1n) is 6.76. The summed E-state index contributed by atoms with van der Waals surface area (Å²) in [5.74, 6) is 1.13. The van der Waals surface area contributed by atoms with Crippen LogP contribution in [0, 0.1) is 0 Å². The second kappa shape index (κ2) is 5.03. The molecule has 1 fully saturated rings. The van der Waals surface area contributed by atoms with Gasteiger partial charge in [-0.05, 0) is 24.3 Å². The van der Waals surface area contributed by atoms with Crippen molar-refractivity contribution in [2.24, 2.45) is 0 Å². The van der Waals surface area contributed by atoms with E-state index in [1.807, 2.05) is 6.92 Å². The van der Waals surface area contributed by atoms with Crippen LogP contribution in [0.5, 0.6) is 11.5 Å². The van der Waals surface area contributed by atoms with Crippen LogP contribution in [0.1, 0.15) is 34.1 Å². The lowest BCUT2D eigenvalue weighted by molar-refractivity contribution is 0.0906. The topological polar surface area (TPSA) is 65.1 Å². The molecule has 0 N–H and O–H groups in total. The van der Waals surface area contributed by atoms with Gasteiger partial charge in [0, 0.05) is 0 Å². The SMILES string of the molecule is CCCSC12OC1C(=O)c1c(OC)ccc(OC)c1C2=O. The van der Waals surface area contributed by atoms with Gasteiger partial charge in [-0.1, -0.05) is 6.92 Å². The minimum Gasteiger partial charge on any atom is -0.496 e. The highest BCUT2D eigenvalue weighted by molar-refractivity contribution is 8.01. The van der Waals surface area contributed by atoms with Crippen molar-refractivity contribution in [2.75, 3.05) is 20.0 Å². The van der Waals surface area contributed by atoms with Crippen LogP contribution in [-0.2, 0) is 4.74 Å². The number of carbonyl (C=O) groups excluding carboxylic acids is 2. The third-order valence-corrected chi connectivity index (χ3v) is 5.24. The highest BCUT2D eigenvalue weighted by Gasteiger charge is 2.70. The molecular weight excluding hydrogens is 292 g/mol. The van der Waals surface area contributed by atoms with E-state index < -0.39 is 11.0 Å². The van der Waals surface area contributed by atoms with Crippen molar-refractivity contribution >= 4 is 23.3 Å². The van der Waals surface area contributed by atoms with Crippen molar-refractivity contribution in [3.05, 3.63) is 23.3 Å². The van der Waals surface area contributed by atoms with E-state index in [-0.39, 0.29) is 22.7 Å². The zero-order valence-electron chi connectivity index (χ0n) is 12.1. The smallest absolute Gasteiger partial charge is 0.212 e. The van der Waals surface area contributed by atoms with Crippen molar-refractivity contribution in [3.63, 3.8) is 0 Å². The number of benzene rings is 1. The predicted molar refractivity (Wildman–Crippen MR) is 78.6 cm³/mol. The van der Waals surface area contributed by atoms with Gasteiger partial charge in [-0.2, -0.15) is 0 Å². The normalized spacial score (nSPS) is 26.1. The Kier molecular flexibility index (Phi) is 3.45. The van der Waals surface area contributed by atoms with E-state index in [4.69, 9.17) is 14.2 Å². The summed E-state index contributed by atoms with van der Waals surface area (Å²) in [6.45, 7) is 2.02. The van der Waals surface area contributed by atoms with Gasteiger partial charge in [0.15, 0.2) is 6.10 Å². The van der Waals surface area contributed by atoms with E-state index in [2.05, 4.69) is 0 Å². The number of hydrogen-bond donors (Lipinski definition) is 0. The largest absolute Gasteiger partial charge is 0.496 e. The number of epoxide rings is 1. The number of hydrogen-bond acceptors (Lipinski definition) is 6. The Bertz CT molecular complexity index is 627. The van der Waals surface area contributed by atoms with Gasteiger partial charge < -0.3 is 14.2 Å². The van der Waals surface area contributed by atoms with Gasteiger partial charge in [0.25, 0.3) is 0 Å². The number of methoxy groups -OCH3 is 2. The van der Waals surface area contributed by atoms with Gasteiger partial charge in [-0.3, -0.25) is 9.59 Å². The number of Topliss-reactive ketones (excluding diaryl/α,β-unsaturated/α-hetero) is 2. The van der Waals surface area contributed by atoms with Crippen LogP contribution in [0.15, 0.2) is 12.1 Å². The summed E-state index contributed by atoms with van der Waals surface area (Å²) in [6.07, 6.45) is 0.210. The molecule has 1 saturated heterocycles. The molecule has 0 spiro atoms. The minimum absolute atomic E-state index is 0.198. The number of fused-ring (bicyclic) bond motifs is 2. The molecule has 6 heteroatoms. The van der Waals surface area contributed by atoms with Gasteiger partial charge in [0.1, 0.15) is 11.5 Å². The maximum Gasteiger partial charge on any atom is 0.212 e. The molecule has 5 nitrogen and oxygen atoms in total. The maximum absolute atomic E-state index is 12.8. The molecule has 2 aliphatic rings. The summed E-state index contributed by atoms with van der Waals surface area (Å²) in [4.78, 5) is 24.4. The second-order valence-electron chi connectivity index (χ2n) is 4.93. The first kappa shape index (κ1) is 14.4. The highest BCUT2D eigenvalue weighted by Crippen LogP contribution is 2.56. The Morgan fingerprint density at radius 3 is 2.38 bits per heavy atom. The summed E-state index contributed by atoms with van der Waals surface area (Å²) < 4.78 is 16.0. The molecule has 1 aliphatic carbocycles. The zero-order valence-corrected chi connectivity index (χ0v) is 12.9. The molecule has 0 bridgehead atoms. The summed E-state index contributed by atoms with van der Waals surface area (Å²) in [5.41, 5.74) is 0.552. The van der Waals surface area contributed by atoms with Crippen molar-refractivity contribution in [3.8, 4) is 11.5 Å². The number of carbonyl (C=O) groups is 2. The standard InChI is InChI=1S/C15H16O5S/c1-4-7-21-15-13(17)11-9(19-3)6-5-8(18-2)10(11)12(16)14(15)20-15/h5-6,14H,4,7H2,1-3H3. The third-order valence-electron chi connectivity index (χ3n) is 3.70. The molecule has 3 rings (SSSR count). The van der Waals surface area contributed by atoms with E-state index in [1.54, 1.807) is 12.1 Å². The van der Waals surface area contributed by atoms with Crippen molar-refractivity contribution in [1.82, 2.24) is 0 Å². The first-order valence-corrected chi connectivity index (χ1v) is 7.75. The molecule has 0 amide bonds. The Morgan fingerprint density at radius 1 is 1.19 bits per heavy atom. The molecule has 21 heavy (non-hydrogen) atoms. The van der Waals surface area contributed by atoms with Crippen molar-refractivity contribution in [1.29, 1.82) is 0 Å². The van der Waals surface area contributed by atoms with E-state index >= 15 is 0 Å². The van der Waals surface area contributed by atoms with E-state index in [9.17, 15) is 9.59 Å². The van der Waals surface area contributed by atoms with E-state index in [0.717, 1.165) is 12.2 Å². The molecule has 0 aromatic heterocycles. The van der Waals surface area contributed by atoms with Crippen LogP contribution in [0.2, 0.25) is 0 Å². The van der Waals surface area contributed by atoms with Gasteiger partial charge in [0.2, 0.25) is 16.5 Å². The monoisotopic (exact) mass is 308 g/mol. The third kappa shape index (κ3) is 1.89. The van der Waals surface area contributed by atoms with E-state index in [1.165, 1.54) is 26.0 Å². The van der Waals surface area contributed by atoms with Gasteiger partial charge in [0.05, 0.1) is 25.3 Å². The van der Waals surface area contributed by atoms with Crippen LogP contribution in [0.4, 0.5) is 0 Å². The fourth-order valence-electron chi connectivity index (χ4n) is 2.65. The van der Waals surface area contributed by atoms with Crippen LogP contribution in [0.25, 0.3) is 0 Å². The van der Waals surface area contributed by atoms with Gasteiger partial charge in [-0.15, -0.1) is 11.8 Å². The van der Waals surface area contributed by atoms with Crippen molar-refractivity contribution in [2.45, 2.75) is 24.4 Å². The Morgan fingerprint density at radius 2 is 1.81 bits per heavy atom. The molecule has 1 heterocycles. The molecule has 2 unspecified atom stereocenters. The molecule has 1 aromatic carbocycles. The van der Waals surface area contributed by atoms with Crippen molar-refractivity contribution < 1.29 is 23.8 Å². The number of ether oxygens (including phenoxy) is 3. The van der Waals surface area contributed by atoms with Gasteiger partial charge in [-0.25, -0.2) is 0 Å². The van der Waals surface area contributed by atoms with Crippen LogP contribution in [0.3, 0.4) is 0 Å². The predicted octanol–water partition coefficient (Wildman–Crippen LogP) is 2.32. The fraction of sp³-hybridized carbons (Fsp3) is 0.467. The van der Waals surface area contributed by atoms with Crippen LogP contribution >= 0.6 is 11.8 Å². The summed E-state index contributed by atoms with van der Waals surface area (Å²) >= 11 is 1.39. The molecule has 0 saturated carbocycles. The maximum atomic E-state index is 12.8. The first-order chi connectivity index (χ1) is 10.1. The zero-order chi connectivity index (χ0) is 15.2. The number of thioether (sulfide) groups is 1.